The van der Waals surface area contributed by atoms with E-state index in [1.807, 2.05) is 34.9 Å². The van der Waals surface area contributed by atoms with Gasteiger partial charge in [0.15, 0.2) is 0 Å². The van der Waals surface area contributed by atoms with Gasteiger partial charge < -0.3 is 4.57 Å². The van der Waals surface area contributed by atoms with Crippen LogP contribution in [0.1, 0.15) is 5.56 Å². The number of imidazole rings is 1. The molecule has 2 aromatic carbocycles. The fourth-order valence-electron chi connectivity index (χ4n) is 1.97. The van der Waals surface area contributed by atoms with Gasteiger partial charge in [0.25, 0.3) is 0 Å². The Morgan fingerprint density at radius 3 is 2.83 bits per heavy atom. The first-order valence-electron chi connectivity index (χ1n) is 5.58. The van der Waals surface area contributed by atoms with Crippen molar-refractivity contribution < 1.29 is 4.39 Å². The Bertz CT molecular complexity index is 706. The van der Waals surface area contributed by atoms with E-state index < -0.39 is 5.82 Å². The summed E-state index contributed by atoms with van der Waals surface area (Å²) < 4.78 is 15.3. The summed E-state index contributed by atoms with van der Waals surface area (Å²) in [6.45, 7) is 0.578. The SMILES string of the molecule is Fc1cc(Cn2cnc3ccccc32)ccc1Cl. The largest absolute Gasteiger partial charge is 0.326 e. The maximum Gasteiger partial charge on any atom is 0.142 e. The molecule has 1 heterocycles. The molecule has 0 bridgehead atoms. The summed E-state index contributed by atoms with van der Waals surface area (Å²) in [5.41, 5.74) is 2.83. The summed E-state index contributed by atoms with van der Waals surface area (Å²) >= 11 is 5.66. The van der Waals surface area contributed by atoms with Crippen molar-refractivity contribution in [2.75, 3.05) is 0 Å². The second kappa shape index (κ2) is 4.42. The Morgan fingerprint density at radius 1 is 1.17 bits per heavy atom. The van der Waals surface area contributed by atoms with Gasteiger partial charge in [0, 0.05) is 6.54 Å². The molecule has 0 atom stereocenters. The monoisotopic (exact) mass is 260 g/mol. The van der Waals surface area contributed by atoms with Gasteiger partial charge >= 0.3 is 0 Å². The number of halogens is 2. The van der Waals surface area contributed by atoms with Gasteiger partial charge in [0.05, 0.1) is 22.4 Å². The number of benzene rings is 2. The molecule has 0 aliphatic carbocycles. The molecular formula is C14H10ClFN2. The molecule has 0 unspecified atom stereocenters. The van der Waals surface area contributed by atoms with Crippen LogP contribution in [0.4, 0.5) is 4.39 Å². The van der Waals surface area contributed by atoms with Crippen LogP contribution in [0.2, 0.25) is 5.02 Å². The molecule has 0 saturated carbocycles. The molecule has 0 amide bonds. The first-order valence-corrected chi connectivity index (χ1v) is 5.95. The Labute approximate surface area is 109 Å². The third kappa shape index (κ3) is 1.97. The minimum atomic E-state index is -0.390. The average molecular weight is 261 g/mol. The molecule has 1 aromatic heterocycles. The van der Waals surface area contributed by atoms with Crippen molar-refractivity contribution in [3.63, 3.8) is 0 Å². The van der Waals surface area contributed by atoms with Gasteiger partial charge in [0.2, 0.25) is 0 Å². The van der Waals surface area contributed by atoms with Crippen molar-refractivity contribution in [1.82, 2.24) is 9.55 Å². The van der Waals surface area contributed by atoms with Crippen molar-refractivity contribution in [3.8, 4) is 0 Å². The third-order valence-corrected chi connectivity index (χ3v) is 3.17. The zero-order chi connectivity index (χ0) is 12.5. The Kier molecular flexibility index (Phi) is 2.76. The first kappa shape index (κ1) is 11.2. The van der Waals surface area contributed by atoms with Crippen LogP contribution in [0.5, 0.6) is 0 Å². The number of hydrogen-bond acceptors (Lipinski definition) is 1. The molecular weight excluding hydrogens is 251 g/mol. The molecule has 18 heavy (non-hydrogen) atoms. The fourth-order valence-corrected chi connectivity index (χ4v) is 2.09. The van der Waals surface area contributed by atoms with Gasteiger partial charge in [-0.15, -0.1) is 0 Å². The van der Waals surface area contributed by atoms with E-state index in [0.29, 0.717) is 6.54 Å². The van der Waals surface area contributed by atoms with E-state index in [1.54, 1.807) is 12.4 Å². The van der Waals surface area contributed by atoms with Crippen molar-refractivity contribution in [3.05, 3.63) is 65.2 Å². The van der Waals surface area contributed by atoms with E-state index in [-0.39, 0.29) is 5.02 Å². The van der Waals surface area contributed by atoms with E-state index in [4.69, 9.17) is 11.6 Å². The molecule has 3 rings (SSSR count). The Hall–Kier alpha value is -1.87. The highest BCUT2D eigenvalue weighted by Gasteiger charge is 2.04. The summed E-state index contributed by atoms with van der Waals surface area (Å²) in [5.74, 6) is -0.390. The minimum Gasteiger partial charge on any atom is -0.326 e. The van der Waals surface area contributed by atoms with E-state index in [1.165, 1.54) is 6.07 Å². The lowest BCUT2D eigenvalue weighted by molar-refractivity contribution is 0.624. The van der Waals surface area contributed by atoms with Gasteiger partial charge in [-0.05, 0) is 29.8 Å². The van der Waals surface area contributed by atoms with E-state index in [2.05, 4.69) is 4.98 Å². The van der Waals surface area contributed by atoms with Crippen LogP contribution in [0, 0.1) is 5.82 Å². The summed E-state index contributed by atoms with van der Waals surface area (Å²) in [7, 11) is 0. The molecule has 2 nitrogen and oxygen atoms in total. The quantitative estimate of drug-likeness (QED) is 0.684. The fraction of sp³-hybridized carbons (Fsp3) is 0.0714. The molecule has 4 heteroatoms. The van der Waals surface area contributed by atoms with Crippen LogP contribution in [-0.4, -0.2) is 9.55 Å². The Morgan fingerprint density at radius 2 is 2.00 bits per heavy atom. The minimum absolute atomic E-state index is 0.147. The number of rotatable bonds is 2. The number of hydrogen-bond donors (Lipinski definition) is 0. The molecule has 0 saturated heterocycles. The maximum absolute atomic E-state index is 13.4. The summed E-state index contributed by atoms with van der Waals surface area (Å²) in [4.78, 5) is 4.30. The average Bonchev–Trinajstić information content (AvgIpc) is 2.78. The van der Waals surface area contributed by atoms with Crippen molar-refractivity contribution in [2.45, 2.75) is 6.54 Å². The number of aromatic nitrogens is 2. The van der Waals surface area contributed by atoms with Crippen molar-refractivity contribution in [1.29, 1.82) is 0 Å². The number of fused-ring (bicyclic) bond motifs is 1. The molecule has 0 fully saturated rings. The van der Waals surface area contributed by atoms with Crippen molar-refractivity contribution >= 4 is 22.6 Å². The molecule has 3 aromatic rings. The highest BCUT2D eigenvalue weighted by Crippen LogP contribution is 2.18. The van der Waals surface area contributed by atoms with Crippen molar-refractivity contribution in [2.24, 2.45) is 0 Å². The molecule has 0 aliphatic rings. The summed E-state index contributed by atoms with van der Waals surface area (Å²) in [6, 6.07) is 12.7. The van der Waals surface area contributed by atoms with Crippen LogP contribution in [0.15, 0.2) is 48.8 Å². The summed E-state index contributed by atoms with van der Waals surface area (Å²) in [5, 5.41) is 0.147. The topological polar surface area (TPSA) is 17.8 Å². The van der Waals surface area contributed by atoms with E-state index in [0.717, 1.165) is 16.6 Å². The second-order valence-electron chi connectivity index (χ2n) is 4.11. The van der Waals surface area contributed by atoms with Gasteiger partial charge in [-0.2, -0.15) is 0 Å². The van der Waals surface area contributed by atoms with Gasteiger partial charge in [-0.25, -0.2) is 9.37 Å². The van der Waals surface area contributed by atoms with Gasteiger partial charge in [-0.3, -0.25) is 0 Å². The summed E-state index contributed by atoms with van der Waals surface area (Å²) in [6.07, 6.45) is 1.76. The highest BCUT2D eigenvalue weighted by molar-refractivity contribution is 6.30. The van der Waals surface area contributed by atoms with E-state index in [9.17, 15) is 4.39 Å². The lowest BCUT2D eigenvalue weighted by Gasteiger charge is -2.05. The molecule has 0 aliphatic heterocycles. The zero-order valence-electron chi connectivity index (χ0n) is 9.48. The molecule has 0 spiro atoms. The molecule has 0 radical (unpaired) electrons. The molecule has 90 valence electrons. The normalized spacial score (nSPS) is 11.0. The van der Waals surface area contributed by atoms with Gasteiger partial charge in [0.1, 0.15) is 5.82 Å². The van der Waals surface area contributed by atoms with Crippen LogP contribution in [-0.2, 0) is 6.54 Å². The molecule has 0 N–H and O–H groups in total. The highest BCUT2D eigenvalue weighted by atomic mass is 35.5. The third-order valence-electron chi connectivity index (χ3n) is 2.86. The van der Waals surface area contributed by atoms with Gasteiger partial charge in [-0.1, -0.05) is 29.8 Å². The lowest BCUT2D eigenvalue weighted by Crippen LogP contribution is -1.98. The van der Waals surface area contributed by atoms with Crippen LogP contribution in [0.3, 0.4) is 0 Å². The first-order chi connectivity index (χ1) is 8.74. The predicted molar refractivity (Wildman–Crippen MR) is 70.2 cm³/mol. The number of para-hydroxylation sites is 2. The smallest absolute Gasteiger partial charge is 0.142 e. The predicted octanol–water partition coefficient (Wildman–Crippen LogP) is 3.88. The standard InChI is InChI=1S/C14H10ClFN2/c15-11-6-5-10(7-12(11)16)8-18-9-17-13-3-1-2-4-14(13)18/h1-7,9H,8H2. The lowest BCUT2D eigenvalue weighted by atomic mass is 10.2. The maximum atomic E-state index is 13.4. The van der Waals surface area contributed by atoms with Crippen LogP contribution in [0.25, 0.3) is 11.0 Å². The zero-order valence-corrected chi connectivity index (χ0v) is 10.2. The van der Waals surface area contributed by atoms with Crippen LogP contribution < -0.4 is 0 Å². The Balaban J connectivity index is 1.98. The second-order valence-corrected chi connectivity index (χ2v) is 4.52. The van der Waals surface area contributed by atoms with Crippen LogP contribution >= 0.6 is 11.6 Å². The van der Waals surface area contributed by atoms with E-state index >= 15 is 0 Å². The number of nitrogens with zero attached hydrogens (tertiary/aromatic N) is 2.